The number of carbonyl (C=O) groups excluding carboxylic acids is 1. The van der Waals surface area contributed by atoms with E-state index >= 15 is 0 Å². The summed E-state index contributed by atoms with van der Waals surface area (Å²) in [4.78, 5) is 16.5. The van der Waals surface area contributed by atoms with Crippen LogP contribution in [0.25, 0.3) is 11.1 Å². The second-order valence-corrected chi connectivity index (χ2v) is 9.52. The van der Waals surface area contributed by atoms with E-state index in [0.717, 1.165) is 11.1 Å². The molecule has 1 saturated heterocycles. The number of piperazine rings is 1. The zero-order chi connectivity index (χ0) is 25.4. The standard InChI is InChI=1S/C27H28BF3N3O2.K/c1-18-19(16-28(29,30)31)14-20(32)15-26(18)33-10-12-34(13-11-33)27(35)36-17-25-23-8-4-2-6-21(23)22-7-3-5-9-24(22)25;/h2-9,14-15,25H,10-13,16-17,32H2,1H3;/q-1;+1. The number of halogens is 3. The molecule has 0 spiro atoms. The van der Waals surface area contributed by atoms with Crippen molar-refractivity contribution in [2.45, 2.75) is 19.2 Å². The molecule has 2 N–H and O–H groups in total. The summed E-state index contributed by atoms with van der Waals surface area (Å²) in [5.41, 5.74) is 12.4. The van der Waals surface area contributed by atoms with E-state index < -0.39 is 13.3 Å². The molecule has 1 heterocycles. The van der Waals surface area contributed by atoms with Crippen molar-refractivity contribution in [3.05, 3.63) is 82.9 Å². The van der Waals surface area contributed by atoms with Crippen molar-refractivity contribution < 1.29 is 73.9 Å². The van der Waals surface area contributed by atoms with Gasteiger partial charge in [-0.05, 0) is 46.9 Å². The number of benzene rings is 3. The monoisotopic (exact) mass is 533 g/mol. The van der Waals surface area contributed by atoms with Gasteiger partial charge in [0.15, 0.2) is 0 Å². The average molecular weight is 533 g/mol. The SMILES string of the molecule is Cc1c(C[B-](F)(F)F)cc(N)cc1N1CCN(C(=O)OCC2c3ccccc3-c3ccccc32)CC1.[K+]. The molecule has 0 saturated carbocycles. The fourth-order valence-electron chi connectivity index (χ4n) is 5.39. The third kappa shape index (κ3) is 6.04. The molecule has 3 aromatic carbocycles. The molecule has 5 rings (SSSR count). The van der Waals surface area contributed by atoms with Crippen LogP contribution in [0.1, 0.15) is 28.2 Å². The number of carbonyl (C=O) groups is 1. The molecule has 1 fully saturated rings. The van der Waals surface area contributed by atoms with E-state index in [1.807, 2.05) is 29.2 Å². The van der Waals surface area contributed by atoms with Gasteiger partial charge in [0.25, 0.3) is 0 Å². The molecule has 37 heavy (non-hydrogen) atoms. The number of nitrogen functional groups attached to an aromatic ring is 1. The van der Waals surface area contributed by atoms with E-state index in [0.29, 0.717) is 43.1 Å². The summed E-state index contributed by atoms with van der Waals surface area (Å²) in [7, 11) is 0. The summed E-state index contributed by atoms with van der Waals surface area (Å²) >= 11 is 0. The molecular formula is C27H28BF3KN3O2. The van der Waals surface area contributed by atoms with Crippen LogP contribution in [0.3, 0.4) is 0 Å². The Bertz CT molecular complexity index is 1250. The van der Waals surface area contributed by atoms with Gasteiger partial charge in [0, 0.05) is 43.5 Å². The largest absolute Gasteiger partial charge is 1.00 e. The first-order valence-electron chi connectivity index (χ1n) is 12.2. The first kappa shape index (κ1) is 28.0. The maximum absolute atomic E-state index is 13.1. The Balaban J connectivity index is 0.00000320. The number of hydrogen-bond acceptors (Lipinski definition) is 4. The van der Waals surface area contributed by atoms with Crippen LogP contribution in [0.2, 0.25) is 0 Å². The van der Waals surface area contributed by atoms with Gasteiger partial charge in [0.2, 0.25) is 0 Å². The number of ether oxygens (including phenoxy) is 1. The van der Waals surface area contributed by atoms with Crippen molar-refractivity contribution in [3.63, 3.8) is 0 Å². The summed E-state index contributed by atoms with van der Waals surface area (Å²) in [5, 5.41) is 0. The van der Waals surface area contributed by atoms with E-state index in [1.54, 1.807) is 17.9 Å². The minimum absolute atomic E-state index is 0. The number of fused-ring (bicyclic) bond motifs is 3. The summed E-state index contributed by atoms with van der Waals surface area (Å²) in [6.45, 7) is -1.19. The smallest absolute Gasteiger partial charge is 0.449 e. The number of hydrogen-bond donors (Lipinski definition) is 1. The van der Waals surface area contributed by atoms with Crippen molar-refractivity contribution in [1.29, 1.82) is 0 Å². The van der Waals surface area contributed by atoms with Gasteiger partial charge in [0.1, 0.15) is 6.61 Å². The molecule has 0 atom stereocenters. The number of amides is 1. The Morgan fingerprint density at radius 3 is 2.11 bits per heavy atom. The van der Waals surface area contributed by atoms with Gasteiger partial charge in [-0.3, -0.25) is 0 Å². The zero-order valence-corrected chi connectivity index (χ0v) is 24.2. The molecule has 1 aliphatic heterocycles. The molecule has 0 bridgehead atoms. The molecule has 2 aliphatic rings. The molecule has 0 aromatic heterocycles. The number of anilines is 2. The van der Waals surface area contributed by atoms with Crippen LogP contribution in [-0.4, -0.2) is 50.8 Å². The minimum atomic E-state index is -4.96. The van der Waals surface area contributed by atoms with Crippen LogP contribution >= 0.6 is 0 Å². The van der Waals surface area contributed by atoms with Crippen LogP contribution in [0.5, 0.6) is 0 Å². The third-order valence-electron chi connectivity index (χ3n) is 7.18. The fourth-order valence-corrected chi connectivity index (χ4v) is 5.39. The van der Waals surface area contributed by atoms with Crippen molar-refractivity contribution >= 4 is 24.4 Å². The number of nitrogens with two attached hydrogens (primary N) is 1. The Kier molecular flexibility index (Phi) is 8.65. The normalized spacial score (nSPS) is 15.1. The summed E-state index contributed by atoms with van der Waals surface area (Å²) in [6, 6.07) is 19.5. The van der Waals surface area contributed by atoms with E-state index in [4.69, 9.17) is 10.5 Å². The van der Waals surface area contributed by atoms with Crippen molar-refractivity contribution in [1.82, 2.24) is 4.90 Å². The first-order valence-corrected chi connectivity index (χ1v) is 12.2. The maximum atomic E-state index is 13.1. The first-order chi connectivity index (χ1) is 17.2. The Morgan fingerprint density at radius 2 is 1.54 bits per heavy atom. The van der Waals surface area contributed by atoms with Gasteiger partial charge in [-0.15, -0.1) is 0 Å². The van der Waals surface area contributed by atoms with Gasteiger partial charge in [-0.1, -0.05) is 60.4 Å². The predicted octanol–water partition coefficient (Wildman–Crippen LogP) is 2.58. The molecule has 0 unspecified atom stereocenters. The van der Waals surface area contributed by atoms with Crippen molar-refractivity contribution in [2.24, 2.45) is 0 Å². The third-order valence-corrected chi connectivity index (χ3v) is 7.18. The molecule has 0 radical (unpaired) electrons. The summed E-state index contributed by atoms with van der Waals surface area (Å²) in [5.74, 6) is -0.00812. The van der Waals surface area contributed by atoms with Crippen molar-refractivity contribution in [2.75, 3.05) is 43.4 Å². The quantitative estimate of drug-likeness (QED) is 0.405. The Hall–Kier alpha value is -1.98. The Labute approximate surface area is 257 Å². The van der Waals surface area contributed by atoms with Gasteiger partial charge in [-0.2, -0.15) is 0 Å². The van der Waals surface area contributed by atoms with Crippen LogP contribution in [0, 0.1) is 6.92 Å². The van der Waals surface area contributed by atoms with Crippen LogP contribution in [-0.2, 0) is 11.1 Å². The molecule has 5 nitrogen and oxygen atoms in total. The van der Waals surface area contributed by atoms with Crippen LogP contribution in [0.15, 0.2) is 60.7 Å². The average Bonchev–Trinajstić information content (AvgIpc) is 3.17. The molecule has 1 aliphatic carbocycles. The van der Waals surface area contributed by atoms with Crippen molar-refractivity contribution in [3.8, 4) is 11.1 Å². The molecule has 188 valence electrons. The van der Waals surface area contributed by atoms with Gasteiger partial charge >= 0.3 is 64.5 Å². The van der Waals surface area contributed by atoms with E-state index in [2.05, 4.69) is 24.3 Å². The summed E-state index contributed by atoms with van der Waals surface area (Å²) < 4.78 is 45.0. The van der Waals surface area contributed by atoms with Crippen LogP contribution < -0.4 is 62.0 Å². The number of nitrogens with zero attached hydrogens (tertiary/aromatic N) is 2. The van der Waals surface area contributed by atoms with Gasteiger partial charge in [0.05, 0.1) is 0 Å². The maximum Gasteiger partial charge on any atom is 1.00 e. The van der Waals surface area contributed by atoms with Crippen LogP contribution in [0.4, 0.5) is 29.1 Å². The van der Waals surface area contributed by atoms with Gasteiger partial charge in [-0.25, -0.2) is 4.79 Å². The predicted molar refractivity (Wildman–Crippen MR) is 137 cm³/mol. The molecule has 1 amide bonds. The molecule has 3 aromatic rings. The fraction of sp³-hybridized carbons (Fsp3) is 0.296. The van der Waals surface area contributed by atoms with E-state index in [9.17, 15) is 17.7 Å². The summed E-state index contributed by atoms with van der Waals surface area (Å²) in [6.07, 6.45) is -1.33. The van der Waals surface area contributed by atoms with E-state index in [1.165, 1.54) is 17.2 Å². The second-order valence-electron chi connectivity index (χ2n) is 9.52. The topological polar surface area (TPSA) is 58.8 Å². The van der Waals surface area contributed by atoms with Gasteiger partial charge < -0.3 is 33.2 Å². The van der Waals surface area contributed by atoms with E-state index in [-0.39, 0.29) is 75.6 Å². The number of rotatable bonds is 5. The Morgan fingerprint density at radius 1 is 0.973 bits per heavy atom. The molecular weight excluding hydrogens is 505 g/mol. The second kappa shape index (κ2) is 11.4. The zero-order valence-electron chi connectivity index (χ0n) is 21.1. The minimum Gasteiger partial charge on any atom is -0.449 e. The molecule has 10 heteroatoms.